The highest BCUT2D eigenvalue weighted by molar-refractivity contribution is 5.94. The largest absolute Gasteiger partial charge is 0.480 e. The molecule has 0 bridgehead atoms. The van der Waals surface area contributed by atoms with Crippen molar-refractivity contribution >= 4 is 35.5 Å². The highest BCUT2D eigenvalue weighted by atomic mass is 16.4. The van der Waals surface area contributed by atoms with Crippen LogP contribution in [-0.2, 0) is 28.8 Å². The van der Waals surface area contributed by atoms with E-state index >= 15 is 0 Å². The molecular formula is C18H32N6O9. The van der Waals surface area contributed by atoms with Crippen molar-refractivity contribution in [2.24, 2.45) is 17.2 Å². The monoisotopic (exact) mass is 476 g/mol. The quantitative estimate of drug-likeness (QED) is 0.109. The summed E-state index contributed by atoms with van der Waals surface area (Å²) in [6, 6.07) is -6.01. The predicted octanol–water partition coefficient (Wildman–Crippen LogP) is -4.85. The van der Waals surface area contributed by atoms with E-state index in [0.29, 0.717) is 0 Å². The van der Waals surface area contributed by atoms with E-state index in [2.05, 4.69) is 16.0 Å². The van der Waals surface area contributed by atoms with E-state index in [0.717, 1.165) is 6.92 Å². The Balaban J connectivity index is 5.49. The number of aliphatic carboxylic acids is 1. The zero-order chi connectivity index (χ0) is 25.9. The molecule has 6 unspecified atom stereocenters. The first-order valence-corrected chi connectivity index (χ1v) is 9.99. The van der Waals surface area contributed by atoms with Gasteiger partial charge in [-0.3, -0.25) is 24.0 Å². The fourth-order valence-corrected chi connectivity index (χ4v) is 2.51. The zero-order valence-electron chi connectivity index (χ0n) is 18.3. The summed E-state index contributed by atoms with van der Waals surface area (Å²) in [7, 11) is 0. The molecule has 0 aliphatic rings. The van der Waals surface area contributed by atoms with Gasteiger partial charge in [-0.15, -0.1) is 0 Å². The first-order valence-electron chi connectivity index (χ1n) is 9.99. The lowest BCUT2D eigenvalue weighted by Gasteiger charge is -2.26. The number of amides is 5. The van der Waals surface area contributed by atoms with Crippen LogP contribution >= 0.6 is 0 Å². The second-order valence-electron chi connectivity index (χ2n) is 7.46. The number of carbonyl (C=O) groups excluding carboxylic acids is 5. The van der Waals surface area contributed by atoms with Gasteiger partial charge in [-0.05, 0) is 26.7 Å². The second-order valence-corrected chi connectivity index (χ2v) is 7.46. The minimum Gasteiger partial charge on any atom is -0.480 e. The van der Waals surface area contributed by atoms with Crippen LogP contribution in [0.1, 0.15) is 39.5 Å². The molecule has 33 heavy (non-hydrogen) atoms. The number of carboxylic acids is 1. The molecule has 0 spiro atoms. The van der Waals surface area contributed by atoms with Crippen LogP contribution in [0.4, 0.5) is 0 Å². The number of nitrogens with one attached hydrogen (secondary N) is 3. The van der Waals surface area contributed by atoms with Gasteiger partial charge in [0.1, 0.15) is 24.2 Å². The first kappa shape index (κ1) is 29.7. The third-order valence-corrected chi connectivity index (χ3v) is 4.49. The summed E-state index contributed by atoms with van der Waals surface area (Å²) in [5, 5.41) is 35.0. The molecule has 6 atom stereocenters. The molecule has 0 radical (unpaired) electrons. The van der Waals surface area contributed by atoms with Gasteiger partial charge in [-0.25, -0.2) is 4.79 Å². The Labute approximate surface area is 189 Å². The van der Waals surface area contributed by atoms with Crippen molar-refractivity contribution in [3.63, 3.8) is 0 Å². The van der Waals surface area contributed by atoms with Crippen LogP contribution in [0.2, 0.25) is 0 Å². The Morgan fingerprint density at radius 1 is 0.727 bits per heavy atom. The number of aliphatic hydroxyl groups excluding tert-OH is 2. The Morgan fingerprint density at radius 2 is 1.18 bits per heavy atom. The topological polar surface area (TPSA) is 277 Å². The van der Waals surface area contributed by atoms with E-state index in [9.17, 15) is 44.1 Å². The third kappa shape index (κ3) is 11.2. The standard InChI is InChI=1S/C18H32N6O9/c1-7(25)13(21)16(30)22-9(3-5-11(19)27)15(29)24-14(8(2)26)17(31)23-10(18(32)33)4-6-12(20)28/h7-10,13-14,25-26H,3-6,21H2,1-2H3,(H2,19,27)(H2,20,28)(H,22,30)(H,23,31)(H,24,29)(H,32,33). The molecule has 12 N–H and O–H groups in total. The van der Waals surface area contributed by atoms with Crippen LogP contribution in [0.25, 0.3) is 0 Å². The van der Waals surface area contributed by atoms with Crippen LogP contribution in [0.15, 0.2) is 0 Å². The maximum atomic E-state index is 12.7. The van der Waals surface area contributed by atoms with E-state index in [1.807, 2.05) is 0 Å². The number of nitrogens with two attached hydrogens (primary N) is 3. The summed E-state index contributed by atoms with van der Waals surface area (Å²) in [6.07, 6.45) is -4.05. The molecule has 0 fully saturated rings. The number of primary amides is 2. The van der Waals surface area contributed by atoms with Gasteiger partial charge in [0.05, 0.1) is 12.2 Å². The maximum absolute atomic E-state index is 12.7. The maximum Gasteiger partial charge on any atom is 0.326 e. The summed E-state index contributed by atoms with van der Waals surface area (Å²) in [5.74, 6) is -6.07. The molecule has 0 aromatic rings. The van der Waals surface area contributed by atoms with E-state index in [1.54, 1.807) is 0 Å². The Morgan fingerprint density at radius 3 is 1.58 bits per heavy atom. The molecule has 0 aliphatic heterocycles. The van der Waals surface area contributed by atoms with Gasteiger partial charge < -0.3 is 48.5 Å². The minimum absolute atomic E-state index is 0.288. The Kier molecular flexibility index (Phi) is 12.6. The van der Waals surface area contributed by atoms with E-state index in [4.69, 9.17) is 17.2 Å². The lowest BCUT2D eigenvalue weighted by molar-refractivity contribution is -0.143. The summed E-state index contributed by atoms with van der Waals surface area (Å²) in [5.41, 5.74) is 15.6. The fourth-order valence-electron chi connectivity index (χ4n) is 2.51. The molecule has 0 aliphatic carbocycles. The molecule has 0 aromatic heterocycles. The Bertz CT molecular complexity index is 743. The van der Waals surface area contributed by atoms with E-state index < -0.39 is 71.9 Å². The van der Waals surface area contributed by atoms with Gasteiger partial charge in [-0.1, -0.05) is 0 Å². The van der Waals surface area contributed by atoms with Crippen molar-refractivity contribution in [3.05, 3.63) is 0 Å². The average molecular weight is 476 g/mol. The average Bonchev–Trinajstić information content (AvgIpc) is 2.70. The zero-order valence-corrected chi connectivity index (χ0v) is 18.3. The molecular weight excluding hydrogens is 444 g/mol. The molecule has 0 heterocycles. The Hall–Kier alpha value is -3.30. The van der Waals surface area contributed by atoms with E-state index in [1.165, 1.54) is 6.92 Å². The third-order valence-electron chi connectivity index (χ3n) is 4.49. The molecule has 188 valence electrons. The molecule has 0 saturated heterocycles. The van der Waals surface area contributed by atoms with Crippen molar-refractivity contribution in [2.75, 3.05) is 0 Å². The van der Waals surface area contributed by atoms with Crippen molar-refractivity contribution < 1.29 is 44.1 Å². The molecule has 5 amide bonds. The normalized spacial score (nSPS) is 16.3. The van der Waals surface area contributed by atoms with Crippen LogP contribution in [-0.4, -0.2) is 87.2 Å². The summed E-state index contributed by atoms with van der Waals surface area (Å²) >= 11 is 0. The lowest BCUT2D eigenvalue weighted by atomic mass is 10.1. The van der Waals surface area contributed by atoms with Crippen molar-refractivity contribution in [3.8, 4) is 0 Å². The number of hydrogen-bond donors (Lipinski definition) is 9. The second kappa shape index (κ2) is 14.0. The van der Waals surface area contributed by atoms with Gasteiger partial charge in [0.25, 0.3) is 0 Å². The van der Waals surface area contributed by atoms with Gasteiger partial charge in [0.2, 0.25) is 29.5 Å². The van der Waals surface area contributed by atoms with Crippen LogP contribution in [0.5, 0.6) is 0 Å². The molecule has 15 nitrogen and oxygen atoms in total. The minimum atomic E-state index is -1.66. The van der Waals surface area contributed by atoms with Crippen LogP contribution < -0.4 is 33.2 Å². The highest BCUT2D eigenvalue weighted by Crippen LogP contribution is 2.04. The molecule has 0 saturated carbocycles. The molecule has 15 heteroatoms. The first-order chi connectivity index (χ1) is 15.2. The number of carbonyl (C=O) groups is 6. The molecule has 0 aromatic carbocycles. The molecule has 0 rings (SSSR count). The van der Waals surface area contributed by atoms with Gasteiger partial charge >= 0.3 is 5.97 Å². The fraction of sp³-hybridized carbons (Fsp3) is 0.667. The highest BCUT2D eigenvalue weighted by Gasteiger charge is 2.33. The number of hydrogen-bond acceptors (Lipinski definition) is 9. The SMILES string of the molecule is CC(O)C(N)C(=O)NC(CCC(N)=O)C(=O)NC(C(=O)NC(CCC(N)=O)C(=O)O)C(C)O. The number of rotatable bonds is 15. The summed E-state index contributed by atoms with van der Waals surface area (Å²) < 4.78 is 0. The van der Waals surface area contributed by atoms with Crippen LogP contribution in [0, 0.1) is 0 Å². The van der Waals surface area contributed by atoms with Crippen LogP contribution in [0.3, 0.4) is 0 Å². The van der Waals surface area contributed by atoms with Crippen molar-refractivity contribution in [1.29, 1.82) is 0 Å². The summed E-state index contributed by atoms with van der Waals surface area (Å²) in [4.78, 5) is 70.6. The smallest absolute Gasteiger partial charge is 0.326 e. The van der Waals surface area contributed by atoms with Crippen molar-refractivity contribution in [1.82, 2.24) is 16.0 Å². The van der Waals surface area contributed by atoms with Crippen molar-refractivity contribution in [2.45, 2.75) is 75.9 Å². The van der Waals surface area contributed by atoms with Gasteiger partial charge in [-0.2, -0.15) is 0 Å². The number of aliphatic hydroxyl groups is 2. The van der Waals surface area contributed by atoms with E-state index in [-0.39, 0.29) is 25.7 Å². The van der Waals surface area contributed by atoms with Gasteiger partial charge in [0, 0.05) is 12.8 Å². The predicted molar refractivity (Wildman–Crippen MR) is 112 cm³/mol. The summed E-state index contributed by atoms with van der Waals surface area (Å²) in [6.45, 7) is 2.39. The number of carboxylic acid groups (broad SMARTS) is 1. The van der Waals surface area contributed by atoms with Gasteiger partial charge in [0.15, 0.2) is 0 Å². The lowest BCUT2D eigenvalue weighted by Crippen LogP contribution is -2.60.